The monoisotopic (exact) mass is 575 g/mol. The molecule has 3 aliphatic heterocycles. The Morgan fingerprint density at radius 1 is 1.19 bits per heavy atom. The minimum absolute atomic E-state index is 0.0913. The van der Waals surface area contributed by atoms with Crippen molar-refractivity contribution in [2.24, 2.45) is 17.1 Å². The standard InChI is InChI=1S/C23H37N5O6S3/c1-22(2,3)17(27-37(33,34)14-4-5-14)21(32)28-12-23(35-8-9-36-23)11-16(28)20(31)26-15(18(24)29)10-13-6-7-25-19(13)30/h13-17,27H,4-12H2,1-3H3,(H2,24,29)(H,25,30)(H,26,31)/t13-,15-,16-,17+/m0/s1. The molecule has 4 aliphatic rings. The van der Waals surface area contributed by atoms with Gasteiger partial charge in [0.25, 0.3) is 0 Å². The fourth-order valence-corrected chi connectivity index (χ4v) is 10.1. The van der Waals surface area contributed by atoms with Crippen LogP contribution >= 0.6 is 23.5 Å². The van der Waals surface area contributed by atoms with Crippen LogP contribution in [-0.4, -0.2) is 89.0 Å². The van der Waals surface area contributed by atoms with E-state index in [0.29, 0.717) is 38.8 Å². The van der Waals surface area contributed by atoms with Gasteiger partial charge in [-0.2, -0.15) is 0 Å². The van der Waals surface area contributed by atoms with Crippen molar-refractivity contribution in [1.29, 1.82) is 0 Å². The van der Waals surface area contributed by atoms with E-state index in [1.54, 1.807) is 44.3 Å². The molecule has 0 aromatic rings. The van der Waals surface area contributed by atoms with Gasteiger partial charge in [-0.3, -0.25) is 19.2 Å². The molecule has 1 spiro atoms. The first-order valence-corrected chi connectivity index (χ1v) is 16.2. The van der Waals surface area contributed by atoms with Crippen LogP contribution in [0.3, 0.4) is 0 Å². The zero-order valence-electron chi connectivity index (χ0n) is 21.4. The Kier molecular flexibility index (Phi) is 8.14. The molecule has 4 atom stereocenters. The Labute approximate surface area is 226 Å². The number of likely N-dealkylation sites (tertiary alicyclic amines) is 1. The Bertz CT molecular complexity index is 1050. The van der Waals surface area contributed by atoms with E-state index in [4.69, 9.17) is 5.73 Å². The fourth-order valence-electron chi connectivity index (χ4n) is 5.08. The lowest BCUT2D eigenvalue weighted by molar-refractivity contribution is -0.142. The number of primary amides is 1. The van der Waals surface area contributed by atoms with Gasteiger partial charge in [-0.25, -0.2) is 13.1 Å². The van der Waals surface area contributed by atoms with Gasteiger partial charge in [-0.1, -0.05) is 20.8 Å². The summed E-state index contributed by atoms with van der Waals surface area (Å²) in [5.74, 6) is -0.531. The van der Waals surface area contributed by atoms with Crippen LogP contribution in [0.25, 0.3) is 0 Å². The van der Waals surface area contributed by atoms with E-state index in [1.165, 1.54) is 4.90 Å². The summed E-state index contributed by atoms with van der Waals surface area (Å²) < 4.78 is 27.9. The number of carbonyl (C=O) groups is 4. The molecule has 14 heteroatoms. The summed E-state index contributed by atoms with van der Waals surface area (Å²) in [5, 5.41) is 4.94. The predicted molar refractivity (Wildman–Crippen MR) is 143 cm³/mol. The van der Waals surface area contributed by atoms with Gasteiger partial charge in [-0.15, -0.1) is 23.5 Å². The molecule has 1 saturated carbocycles. The number of hydrogen-bond acceptors (Lipinski definition) is 8. The molecule has 3 saturated heterocycles. The Balaban J connectivity index is 1.56. The third-order valence-electron chi connectivity index (χ3n) is 7.39. The number of nitrogens with one attached hydrogen (secondary N) is 3. The zero-order valence-corrected chi connectivity index (χ0v) is 23.9. The van der Waals surface area contributed by atoms with Crippen molar-refractivity contribution < 1.29 is 27.6 Å². The topological polar surface area (TPSA) is 168 Å². The van der Waals surface area contributed by atoms with Crippen LogP contribution < -0.4 is 21.1 Å². The van der Waals surface area contributed by atoms with Crippen molar-refractivity contribution >= 4 is 57.2 Å². The highest BCUT2D eigenvalue weighted by molar-refractivity contribution is 8.21. The van der Waals surface area contributed by atoms with Gasteiger partial charge >= 0.3 is 0 Å². The molecule has 0 radical (unpaired) electrons. The van der Waals surface area contributed by atoms with Crippen molar-refractivity contribution in [3.05, 3.63) is 0 Å². The highest BCUT2D eigenvalue weighted by atomic mass is 32.2. The molecule has 4 amide bonds. The lowest BCUT2D eigenvalue weighted by atomic mass is 9.86. The first kappa shape index (κ1) is 28.5. The zero-order chi connectivity index (χ0) is 27.2. The van der Waals surface area contributed by atoms with Gasteiger partial charge in [-0.05, 0) is 31.1 Å². The van der Waals surface area contributed by atoms with Crippen molar-refractivity contribution in [1.82, 2.24) is 20.3 Å². The van der Waals surface area contributed by atoms with Crippen LogP contribution in [-0.2, 0) is 29.2 Å². The summed E-state index contributed by atoms with van der Waals surface area (Å²) in [7, 11) is -3.67. The average molecular weight is 576 g/mol. The lowest BCUT2D eigenvalue weighted by Crippen LogP contribution is -2.59. The maximum atomic E-state index is 14.0. The van der Waals surface area contributed by atoms with E-state index in [-0.39, 0.29) is 16.4 Å². The first-order valence-electron chi connectivity index (χ1n) is 12.7. The van der Waals surface area contributed by atoms with Crippen molar-refractivity contribution in [3.8, 4) is 0 Å². The van der Waals surface area contributed by atoms with Crippen LogP contribution in [0.1, 0.15) is 52.9 Å². The van der Waals surface area contributed by atoms with Crippen molar-refractivity contribution in [2.45, 2.75) is 80.3 Å². The first-order chi connectivity index (χ1) is 17.2. The molecule has 1 aliphatic carbocycles. The summed E-state index contributed by atoms with van der Waals surface area (Å²) in [6.07, 6.45) is 2.16. The van der Waals surface area contributed by atoms with E-state index in [2.05, 4.69) is 15.4 Å². The van der Waals surface area contributed by atoms with Gasteiger partial charge in [0, 0.05) is 36.9 Å². The van der Waals surface area contributed by atoms with E-state index in [0.717, 1.165) is 11.5 Å². The number of hydrogen-bond donors (Lipinski definition) is 4. The molecule has 37 heavy (non-hydrogen) atoms. The Morgan fingerprint density at radius 3 is 2.35 bits per heavy atom. The highest BCUT2D eigenvalue weighted by Crippen LogP contribution is 2.52. The van der Waals surface area contributed by atoms with Gasteiger partial charge < -0.3 is 21.3 Å². The summed E-state index contributed by atoms with van der Waals surface area (Å²) in [6, 6.07) is -2.99. The van der Waals surface area contributed by atoms with E-state index < -0.39 is 62.5 Å². The summed E-state index contributed by atoms with van der Waals surface area (Å²) in [5.41, 5.74) is 4.84. The van der Waals surface area contributed by atoms with E-state index >= 15 is 0 Å². The molecular formula is C23H37N5O6S3. The van der Waals surface area contributed by atoms with Gasteiger partial charge in [0.05, 0.1) is 9.33 Å². The largest absolute Gasteiger partial charge is 0.368 e. The number of carbonyl (C=O) groups excluding carboxylic acids is 4. The minimum Gasteiger partial charge on any atom is -0.368 e. The smallest absolute Gasteiger partial charge is 0.243 e. The molecule has 4 fully saturated rings. The van der Waals surface area contributed by atoms with E-state index in [1.807, 2.05) is 0 Å². The highest BCUT2D eigenvalue weighted by Gasteiger charge is 2.54. The molecule has 208 valence electrons. The number of sulfonamides is 1. The summed E-state index contributed by atoms with van der Waals surface area (Å²) in [4.78, 5) is 53.2. The second kappa shape index (κ2) is 10.6. The molecule has 0 unspecified atom stereocenters. The molecule has 11 nitrogen and oxygen atoms in total. The van der Waals surface area contributed by atoms with Gasteiger partial charge in [0.1, 0.15) is 18.1 Å². The Morgan fingerprint density at radius 2 is 1.84 bits per heavy atom. The number of rotatable bonds is 9. The second-order valence-electron chi connectivity index (χ2n) is 11.4. The van der Waals surface area contributed by atoms with Crippen LogP contribution in [0.2, 0.25) is 0 Å². The molecule has 3 heterocycles. The van der Waals surface area contributed by atoms with Crippen LogP contribution in [0.4, 0.5) is 0 Å². The number of amides is 4. The molecule has 0 bridgehead atoms. The van der Waals surface area contributed by atoms with Gasteiger partial charge in [0.15, 0.2) is 0 Å². The lowest BCUT2D eigenvalue weighted by Gasteiger charge is -2.35. The van der Waals surface area contributed by atoms with Crippen LogP contribution in [0, 0.1) is 11.3 Å². The molecule has 4 rings (SSSR count). The minimum atomic E-state index is -3.67. The van der Waals surface area contributed by atoms with Crippen molar-refractivity contribution in [2.75, 3.05) is 24.6 Å². The SMILES string of the molecule is CC(C)(C)[C@H](NS(=O)(=O)C1CC1)C(=O)N1CC2(C[C@H]1C(=O)N[C@@H](C[C@@H]1CCNC1=O)C(N)=O)SCCS2. The molecular weight excluding hydrogens is 538 g/mol. The Hall–Kier alpha value is -1.51. The van der Waals surface area contributed by atoms with E-state index in [9.17, 15) is 27.6 Å². The van der Waals surface area contributed by atoms with Crippen molar-refractivity contribution in [3.63, 3.8) is 0 Å². The third kappa shape index (κ3) is 6.39. The van der Waals surface area contributed by atoms with Gasteiger partial charge in [0.2, 0.25) is 33.7 Å². The van der Waals surface area contributed by atoms with Crippen LogP contribution in [0.15, 0.2) is 0 Å². The third-order valence-corrected chi connectivity index (χ3v) is 12.7. The maximum absolute atomic E-state index is 14.0. The molecule has 5 N–H and O–H groups in total. The normalized spacial score (nSPS) is 27.2. The molecule has 0 aromatic carbocycles. The number of thioether (sulfide) groups is 2. The van der Waals surface area contributed by atoms with Crippen LogP contribution in [0.5, 0.6) is 0 Å². The second-order valence-corrected chi connectivity index (χ2v) is 16.6. The summed E-state index contributed by atoms with van der Waals surface area (Å²) >= 11 is 3.40. The summed E-state index contributed by atoms with van der Waals surface area (Å²) in [6.45, 7) is 6.18. The average Bonchev–Trinajstić information content (AvgIpc) is 3.30. The fraction of sp³-hybridized carbons (Fsp3) is 0.826. The predicted octanol–water partition coefficient (Wildman–Crippen LogP) is -0.244. The maximum Gasteiger partial charge on any atom is 0.243 e. The number of nitrogens with two attached hydrogens (primary N) is 1. The molecule has 0 aromatic heterocycles. The quantitative estimate of drug-likeness (QED) is 0.292. The number of nitrogens with zero attached hydrogens (tertiary/aromatic N) is 1.